The molecule has 0 bridgehead atoms. The van der Waals surface area contributed by atoms with Gasteiger partial charge in [0.1, 0.15) is 0 Å². The van der Waals surface area contributed by atoms with Gasteiger partial charge in [-0.05, 0) is 45.4 Å². The minimum absolute atomic E-state index is 0.0793. The van der Waals surface area contributed by atoms with Gasteiger partial charge in [0.05, 0.1) is 0 Å². The second-order valence-electron chi connectivity index (χ2n) is 6.04. The number of nitrogens with zero attached hydrogens (tertiary/aromatic N) is 2. The summed E-state index contributed by atoms with van der Waals surface area (Å²) in [5.74, 6) is -0.0176. The number of hydrogen-bond donors (Lipinski definition) is 1. The van der Waals surface area contributed by atoms with Crippen LogP contribution in [0, 0.1) is 5.92 Å². The van der Waals surface area contributed by atoms with Gasteiger partial charge in [-0.15, -0.1) is 0 Å². The number of hydrogen-bond acceptors (Lipinski definition) is 4. The molecular formula is C14H21N3O2. The lowest BCUT2D eigenvalue weighted by Gasteiger charge is -2.23. The van der Waals surface area contributed by atoms with Crippen molar-refractivity contribution in [2.24, 2.45) is 5.92 Å². The highest BCUT2D eigenvalue weighted by Gasteiger charge is 2.15. The molecule has 0 amide bonds. The van der Waals surface area contributed by atoms with E-state index in [0.717, 1.165) is 6.54 Å². The topological polar surface area (TPSA) is 60.1 Å². The van der Waals surface area contributed by atoms with Crippen molar-refractivity contribution in [1.29, 1.82) is 0 Å². The van der Waals surface area contributed by atoms with Crippen LogP contribution in [-0.4, -0.2) is 21.6 Å². The summed E-state index contributed by atoms with van der Waals surface area (Å²) < 4.78 is 6.77. The number of pyridine rings is 1. The molecule has 5 nitrogen and oxygen atoms in total. The largest absolute Gasteiger partial charge is 0.421 e. The first-order chi connectivity index (χ1) is 8.87. The summed E-state index contributed by atoms with van der Waals surface area (Å²) in [5.41, 5.74) is 1.24. The van der Waals surface area contributed by atoms with Crippen LogP contribution in [0.15, 0.2) is 27.5 Å². The Hall–Kier alpha value is -1.62. The summed E-state index contributed by atoms with van der Waals surface area (Å²) >= 11 is 0. The van der Waals surface area contributed by atoms with Gasteiger partial charge in [0.2, 0.25) is 0 Å². The van der Waals surface area contributed by atoms with Crippen LogP contribution in [0.3, 0.4) is 0 Å². The summed E-state index contributed by atoms with van der Waals surface area (Å²) in [6, 6.07) is 3.53. The predicted molar refractivity (Wildman–Crippen MR) is 75.2 cm³/mol. The SMILES string of the molecule is CC(CNC(C)(C)C)Cn1c(=O)oc2cccnc21. The van der Waals surface area contributed by atoms with Crippen molar-refractivity contribution in [2.75, 3.05) is 6.54 Å². The second kappa shape index (κ2) is 5.17. The van der Waals surface area contributed by atoms with Gasteiger partial charge in [-0.25, -0.2) is 9.78 Å². The molecular weight excluding hydrogens is 242 g/mol. The first kappa shape index (κ1) is 13.8. The van der Waals surface area contributed by atoms with Crippen molar-refractivity contribution >= 4 is 11.2 Å². The lowest BCUT2D eigenvalue weighted by molar-refractivity contribution is 0.353. The zero-order chi connectivity index (χ0) is 14.0. The van der Waals surface area contributed by atoms with Gasteiger partial charge in [-0.2, -0.15) is 0 Å². The average Bonchev–Trinajstić information content (AvgIpc) is 2.63. The van der Waals surface area contributed by atoms with E-state index >= 15 is 0 Å². The van der Waals surface area contributed by atoms with Crippen LogP contribution >= 0.6 is 0 Å². The normalized spacial score (nSPS) is 13.9. The summed E-state index contributed by atoms with van der Waals surface area (Å²) in [5, 5.41) is 3.44. The van der Waals surface area contributed by atoms with Crippen molar-refractivity contribution in [3.05, 3.63) is 28.9 Å². The van der Waals surface area contributed by atoms with E-state index in [2.05, 4.69) is 38.0 Å². The van der Waals surface area contributed by atoms with Gasteiger partial charge in [0, 0.05) is 18.3 Å². The Balaban J connectivity index is 2.13. The fourth-order valence-electron chi connectivity index (χ4n) is 1.92. The summed E-state index contributed by atoms with van der Waals surface area (Å²) in [6.07, 6.45) is 1.67. The molecule has 1 N–H and O–H groups in total. The van der Waals surface area contributed by atoms with Crippen molar-refractivity contribution in [3.63, 3.8) is 0 Å². The van der Waals surface area contributed by atoms with E-state index in [4.69, 9.17) is 4.42 Å². The first-order valence-corrected chi connectivity index (χ1v) is 6.56. The average molecular weight is 263 g/mol. The summed E-state index contributed by atoms with van der Waals surface area (Å²) in [6.45, 7) is 9.93. The molecule has 1 unspecified atom stereocenters. The third-order valence-electron chi connectivity index (χ3n) is 2.90. The van der Waals surface area contributed by atoms with Crippen LogP contribution in [0.1, 0.15) is 27.7 Å². The molecule has 2 aromatic rings. The molecule has 5 heteroatoms. The zero-order valence-corrected chi connectivity index (χ0v) is 11.9. The smallest absolute Gasteiger partial charge is 0.406 e. The Morgan fingerprint density at radius 1 is 1.47 bits per heavy atom. The summed E-state index contributed by atoms with van der Waals surface area (Å²) in [7, 11) is 0. The third-order valence-corrected chi connectivity index (χ3v) is 2.90. The van der Waals surface area contributed by atoms with Crippen LogP contribution < -0.4 is 11.1 Å². The molecule has 0 saturated carbocycles. The van der Waals surface area contributed by atoms with Crippen LogP contribution in [-0.2, 0) is 6.54 Å². The van der Waals surface area contributed by atoms with E-state index in [-0.39, 0.29) is 11.3 Å². The van der Waals surface area contributed by atoms with Crippen LogP contribution in [0.4, 0.5) is 0 Å². The second-order valence-corrected chi connectivity index (χ2v) is 6.04. The monoisotopic (exact) mass is 263 g/mol. The Morgan fingerprint density at radius 3 is 2.89 bits per heavy atom. The minimum Gasteiger partial charge on any atom is -0.406 e. The minimum atomic E-state index is -0.337. The maximum Gasteiger partial charge on any atom is 0.421 e. The fraction of sp³-hybridized carbons (Fsp3) is 0.571. The third kappa shape index (κ3) is 3.44. The number of aromatic nitrogens is 2. The molecule has 1 atom stereocenters. The van der Waals surface area contributed by atoms with Crippen molar-refractivity contribution in [3.8, 4) is 0 Å². The van der Waals surface area contributed by atoms with Gasteiger partial charge < -0.3 is 9.73 Å². The number of fused-ring (bicyclic) bond motifs is 1. The first-order valence-electron chi connectivity index (χ1n) is 6.56. The molecule has 0 fully saturated rings. The highest BCUT2D eigenvalue weighted by Crippen LogP contribution is 2.11. The molecule has 2 rings (SSSR count). The van der Waals surface area contributed by atoms with Gasteiger partial charge >= 0.3 is 5.76 Å². The van der Waals surface area contributed by atoms with Gasteiger partial charge in [-0.1, -0.05) is 6.92 Å². The molecule has 2 aromatic heterocycles. The number of rotatable bonds is 4. The molecule has 0 aliphatic carbocycles. The molecule has 0 aromatic carbocycles. The van der Waals surface area contributed by atoms with E-state index in [0.29, 0.717) is 23.7 Å². The maximum absolute atomic E-state index is 11.8. The molecule has 19 heavy (non-hydrogen) atoms. The molecule has 0 spiro atoms. The van der Waals surface area contributed by atoms with Crippen LogP contribution in [0.25, 0.3) is 11.2 Å². The van der Waals surface area contributed by atoms with Gasteiger partial charge in [0.15, 0.2) is 11.2 Å². The van der Waals surface area contributed by atoms with E-state index in [1.54, 1.807) is 22.9 Å². The van der Waals surface area contributed by atoms with E-state index in [1.165, 1.54) is 0 Å². The molecule has 0 aliphatic heterocycles. The maximum atomic E-state index is 11.8. The van der Waals surface area contributed by atoms with Crippen molar-refractivity contribution in [2.45, 2.75) is 39.8 Å². The lowest BCUT2D eigenvalue weighted by atomic mass is 10.1. The van der Waals surface area contributed by atoms with E-state index < -0.39 is 0 Å². The number of oxazole rings is 1. The van der Waals surface area contributed by atoms with Gasteiger partial charge in [0.25, 0.3) is 0 Å². The molecule has 2 heterocycles. The molecule has 0 aliphatic rings. The van der Waals surface area contributed by atoms with Gasteiger partial charge in [-0.3, -0.25) is 4.57 Å². The van der Waals surface area contributed by atoms with Crippen LogP contribution in [0.5, 0.6) is 0 Å². The number of nitrogens with one attached hydrogen (secondary N) is 1. The molecule has 0 radical (unpaired) electrons. The van der Waals surface area contributed by atoms with Crippen molar-refractivity contribution < 1.29 is 4.42 Å². The highest BCUT2D eigenvalue weighted by molar-refractivity contribution is 5.67. The Kier molecular flexibility index (Phi) is 3.75. The molecule has 104 valence electrons. The lowest BCUT2D eigenvalue weighted by Crippen LogP contribution is -2.39. The fourth-order valence-corrected chi connectivity index (χ4v) is 1.92. The Labute approximate surface area is 112 Å². The Morgan fingerprint density at radius 2 is 2.21 bits per heavy atom. The zero-order valence-electron chi connectivity index (χ0n) is 11.9. The quantitative estimate of drug-likeness (QED) is 0.916. The van der Waals surface area contributed by atoms with E-state index in [9.17, 15) is 4.79 Å². The van der Waals surface area contributed by atoms with E-state index in [1.807, 2.05) is 0 Å². The Bertz CT molecular complexity index is 607. The predicted octanol–water partition coefficient (Wildman–Crippen LogP) is 2.01. The van der Waals surface area contributed by atoms with Crippen LogP contribution in [0.2, 0.25) is 0 Å². The summed E-state index contributed by atoms with van der Waals surface area (Å²) in [4.78, 5) is 16.0. The molecule has 0 saturated heterocycles. The standard InChI is InChI=1S/C14H21N3O2/c1-10(8-16-14(2,3)4)9-17-12-11(19-13(17)18)6-5-7-15-12/h5-7,10,16H,8-9H2,1-4H3. The van der Waals surface area contributed by atoms with Crippen molar-refractivity contribution in [1.82, 2.24) is 14.9 Å². The highest BCUT2D eigenvalue weighted by atomic mass is 16.4.